The lowest BCUT2D eigenvalue weighted by Gasteiger charge is -2.26. The van der Waals surface area contributed by atoms with E-state index in [4.69, 9.17) is 0 Å². The number of hydrogen-bond donors (Lipinski definition) is 0. The minimum Gasteiger partial charge on any atom is -0.378 e. The Kier molecular flexibility index (Phi) is 4.60. The van der Waals surface area contributed by atoms with Crippen LogP contribution in [0.5, 0.6) is 0 Å². The standard InChI is InChI=1S/C17H23N5O/c1-20(2)15-6-3-5-14(11-15)16-7-4-9-22(16)17(23)8-10-21-13-18-12-19-21/h3,5-6,11-13,16H,4,7-10H2,1-2H3/t16-/m0/s1. The van der Waals surface area contributed by atoms with Gasteiger partial charge in [0.05, 0.1) is 12.6 Å². The number of anilines is 1. The van der Waals surface area contributed by atoms with Crippen LogP contribution in [0.15, 0.2) is 36.9 Å². The van der Waals surface area contributed by atoms with Crippen LogP contribution >= 0.6 is 0 Å². The van der Waals surface area contributed by atoms with Crippen molar-refractivity contribution in [2.24, 2.45) is 0 Å². The first kappa shape index (κ1) is 15.5. The van der Waals surface area contributed by atoms with E-state index in [1.165, 1.54) is 17.6 Å². The van der Waals surface area contributed by atoms with Crippen molar-refractivity contribution in [3.63, 3.8) is 0 Å². The molecule has 2 aromatic rings. The summed E-state index contributed by atoms with van der Waals surface area (Å²) in [6, 6.07) is 8.67. The smallest absolute Gasteiger partial charge is 0.224 e. The highest BCUT2D eigenvalue weighted by atomic mass is 16.2. The summed E-state index contributed by atoms with van der Waals surface area (Å²) in [5, 5.41) is 4.05. The number of likely N-dealkylation sites (tertiary alicyclic amines) is 1. The molecule has 23 heavy (non-hydrogen) atoms. The number of carbonyl (C=O) groups is 1. The highest BCUT2D eigenvalue weighted by Crippen LogP contribution is 2.33. The molecule has 2 heterocycles. The molecule has 1 aliphatic heterocycles. The molecule has 3 rings (SSSR count). The number of nitrogens with zero attached hydrogens (tertiary/aromatic N) is 5. The second kappa shape index (κ2) is 6.81. The van der Waals surface area contributed by atoms with Crippen LogP contribution < -0.4 is 4.90 Å². The van der Waals surface area contributed by atoms with Crippen molar-refractivity contribution >= 4 is 11.6 Å². The van der Waals surface area contributed by atoms with Gasteiger partial charge in [-0.15, -0.1) is 0 Å². The van der Waals surface area contributed by atoms with E-state index in [-0.39, 0.29) is 11.9 Å². The largest absolute Gasteiger partial charge is 0.378 e. The molecule has 0 unspecified atom stereocenters. The predicted molar refractivity (Wildman–Crippen MR) is 89.1 cm³/mol. The van der Waals surface area contributed by atoms with E-state index in [9.17, 15) is 4.79 Å². The van der Waals surface area contributed by atoms with Gasteiger partial charge >= 0.3 is 0 Å². The number of aryl methyl sites for hydroxylation is 1. The van der Waals surface area contributed by atoms with Gasteiger partial charge in [0.1, 0.15) is 12.7 Å². The SMILES string of the molecule is CN(C)c1cccc([C@@H]2CCCN2C(=O)CCn2cncn2)c1. The highest BCUT2D eigenvalue weighted by Gasteiger charge is 2.29. The van der Waals surface area contributed by atoms with Crippen molar-refractivity contribution in [3.05, 3.63) is 42.5 Å². The van der Waals surface area contributed by atoms with Gasteiger partial charge in [0.2, 0.25) is 5.91 Å². The molecule has 6 nitrogen and oxygen atoms in total. The van der Waals surface area contributed by atoms with Gasteiger partial charge in [-0.3, -0.25) is 9.48 Å². The lowest BCUT2D eigenvalue weighted by Crippen LogP contribution is -2.31. The van der Waals surface area contributed by atoms with Crippen LogP contribution in [-0.2, 0) is 11.3 Å². The monoisotopic (exact) mass is 313 g/mol. The van der Waals surface area contributed by atoms with Crippen molar-refractivity contribution < 1.29 is 4.79 Å². The lowest BCUT2D eigenvalue weighted by atomic mass is 10.0. The van der Waals surface area contributed by atoms with Crippen LogP contribution in [0, 0.1) is 0 Å². The van der Waals surface area contributed by atoms with E-state index in [1.807, 2.05) is 19.0 Å². The molecule has 6 heteroatoms. The average Bonchev–Trinajstić information content (AvgIpc) is 3.24. The molecule has 1 aromatic heterocycles. The second-order valence-electron chi connectivity index (χ2n) is 6.14. The Balaban J connectivity index is 1.69. The molecule has 0 bridgehead atoms. The Morgan fingerprint density at radius 1 is 1.39 bits per heavy atom. The van der Waals surface area contributed by atoms with E-state index in [1.54, 1.807) is 11.0 Å². The average molecular weight is 313 g/mol. The van der Waals surface area contributed by atoms with Crippen LogP contribution in [0.1, 0.15) is 30.9 Å². The summed E-state index contributed by atoms with van der Waals surface area (Å²) in [5.41, 5.74) is 2.40. The first-order chi connectivity index (χ1) is 11.1. The zero-order chi connectivity index (χ0) is 16.2. The van der Waals surface area contributed by atoms with Crippen molar-refractivity contribution in [2.45, 2.75) is 31.8 Å². The first-order valence-corrected chi connectivity index (χ1v) is 8.04. The second-order valence-corrected chi connectivity index (χ2v) is 6.14. The minimum absolute atomic E-state index is 0.193. The summed E-state index contributed by atoms with van der Waals surface area (Å²) in [6.07, 6.45) is 5.70. The summed E-state index contributed by atoms with van der Waals surface area (Å²) in [4.78, 5) is 20.6. The van der Waals surface area contributed by atoms with Crippen LogP contribution in [0.25, 0.3) is 0 Å². The molecule has 0 saturated carbocycles. The van der Waals surface area contributed by atoms with Gasteiger partial charge < -0.3 is 9.80 Å². The maximum absolute atomic E-state index is 12.6. The van der Waals surface area contributed by atoms with Crippen LogP contribution in [0.2, 0.25) is 0 Å². The number of carbonyl (C=O) groups excluding carboxylic acids is 1. The molecular weight excluding hydrogens is 290 g/mol. The summed E-state index contributed by atoms with van der Waals surface area (Å²) in [6.45, 7) is 1.42. The molecule has 0 radical (unpaired) electrons. The van der Waals surface area contributed by atoms with Gasteiger partial charge in [-0.2, -0.15) is 5.10 Å². The van der Waals surface area contributed by atoms with E-state index in [0.29, 0.717) is 13.0 Å². The predicted octanol–water partition coefficient (Wildman–Crippen LogP) is 2.10. The summed E-state index contributed by atoms with van der Waals surface area (Å²) < 4.78 is 1.70. The zero-order valence-corrected chi connectivity index (χ0v) is 13.7. The molecule has 1 atom stereocenters. The molecule has 122 valence electrons. The molecule has 0 aliphatic carbocycles. The third-order valence-electron chi connectivity index (χ3n) is 4.37. The molecular formula is C17H23N5O. The topological polar surface area (TPSA) is 54.3 Å². The van der Waals surface area contributed by atoms with Crippen LogP contribution in [-0.4, -0.2) is 46.2 Å². The normalized spacial score (nSPS) is 17.5. The quantitative estimate of drug-likeness (QED) is 0.848. The van der Waals surface area contributed by atoms with E-state index < -0.39 is 0 Å². The molecule has 1 amide bonds. The van der Waals surface area contributed by atoms with Crippen LogP contribution in [0.3, 0.4) is 0 Å². The maximum atomic E-state index is 12.6. The van der Waals surface area contributed by atoms with Crippen LogP contribution in [0.4, 0.5) is 5.69 Å². The van der Waals surface area contributed by atoms with Gasteiger partial charge in [-0.05, 0) is 30.5 Å². The fraction of sp³-hybridized carbons (Fsp3) is 0.471. The van der Waals surface area contributed by atoms with E-state index in [2.05, 4.69) is 39.2 Å². The Labute approximate surface area is 136 Å². The maximum Gasteiger partial charge on any atom is 0.224 e. The zero-order valence-electron chi connectivity index (χ0n) is 13.7. The number of benzene rings is 1. The number of aromatic nitrogens is 3. The summed E-state index contributed by atoms with van der Waals surface area (Å²) >= 11 is 0. The molecule has 0 spiro atoms. The molecule has 1 aromatic carbocycles. The Bertz CT molecular complexity index is 653. The van der Waals surface area contributed by atoms with E-state index in [0.717, 1.165) is 19.4 Å². The number of rotatable bonds is 5. The van der Waals surface area contributed by atoms with Gasteiger partial charge in [0.25, 0.3) is 0 Å². The molecule has 1 aliphatic rings. The number of amides is 1. The highest BCUT2D eigenvalue weighted by molar-refractivity contribution is 5.77. The summed E-state index contributed by atoms with van der Waals surface area (Å²) in [7, 11) is 4.07. The minimum atomic E-state index is 0.193. The fourth-order valence-electron chi connectivity index (χ4n) is 3.12. The Morgan fingerprint density at radius 2 is 2.26 bits per heavy atom. The summed E-state index contributed by atoms with van der Waals surface area (Å²) in [5.74, 6) is 0.193. The Hall–Kier alpha value is -2.37. The van der Waals surface area contributed by atoms with Crippen molar-refractivity contribution in [3.8, 4) is 0 Å². The van der Waals surface area contributed by atoms with Gasteiger partial charge in [0, 0.05) is 32.7 Å². The van der Waals surface area contributed by atoms with Crippen molar-refractivity contribution in [1.82, 2.24) is 19.7 Å². The van der Waals surface area contributed by atoms with Gasteiger partial charge in [0.15, 0.2) is 0 Å². The molecule has 0 N–H and O–H groups in total. The van der Waals surface area contributed by atoms with Crippen molar-refractivity contribution in [2.75, 3.05) is 25.5 Å². The van der Waals surface area contributed by atoms with Gasteiger partial charge in [-0.1, -0.05) is 12.1 Å². The first-order valence-electron chi connectivity index (χ1n) is 8.04. The lowest BCUT2D eigenvalue weighted by molar-refractivity contribution is -0.132. The molecule has 1 fully saturated rings. The Morgan fingerprint density at radius 3 is 3.00 bits per heavy atom. The van der Waals surface area contributed by atoms with E-state index >= 15 is 0 Å². The van der Waals surface area contributed by atoms with Gasteiger partial charge in [-0.25, -0.2) is 4.98 Å². The molecule has 1 saturated heterocycles. The van der Waals surface area contributed by atoms with Crippen molar-refractivity contribution in [1.29, 1.82) is 0 Å². The third kappa shape index (κ3) is 3.52. The number of hydrogen-bond acceptors (Lipinski definition) is 4. The fourth-order valence-corrected chi connectivity index (χ4v) is 3.12. The third-order valence-corrected chi connectivity index (χ3v) is 4.37.